The first-order chi connectivity index (χ1) is 10.2. The summed E-state index contributed by atoms with van der Waals surface area (Å²) < 4.78 is 34.2. The quantitative estimate of drug-likeness (QED) is 0.824. The van der Waals surface area contributed by atoms with E-state index in [1.807, 2.05) is 0 Å². The lowest BCUT2D eigenvalue weighted by Gasteiger charge is -2.10. The smallest absolute Gasteiger partial charge is 0.217 e. The van der Waals surface area contributed by atoms with Crippen molar-refractivity contribution in [3.8, 4) is 11.8 Å². The number of ether oxygens (including phenoxy) is 1. The molecule has 5 nitrogen and oxygen atoms in total. The number of hydrogen-bond acceptors (Lipinski definition) is 4. The summed E-state index contributed by atoms with van der Waals surface area (Å²) in [5, 5.41) is 11.9. The molecular weight excluding hydrogens is 278 g/mol. The molecule has 1 aromatic carbocycles. The largest absolute Gasteiger partial charge is 0.383 e. The lowest BCUT2D eigenvalue weighted by Crippen LogP contribution is -2.19. The molecule has 0 spiro atoms. The third kappa shape index (κ3) is 3.42. The summed E-state index contributed by atoms with van der Waals surface area (Å²) in [5.41, 5.74) is 0.174. The van der Waals surface area contributed by atoms with Gasteiger partial charge in [-0.2, -0.15) is 5.26 Å². The maximum atomic E-state index is 14.1. The highest BCUT2D eigenvalue weighted by molar-refractivity contribution is 5.41. The van der Waals surface area contributed by atoms with Gasteiger partial charge in [-0.25, -0.2) is 13.8 Å². The van der Waals surface area contributed by atoms with E-state index in [2.05, 4.69) is 10.3 Å². The van der Waals surface area contributed by atoms with Gasteiger partial charge in [0.05, 0.1) is 6.61 Å². The molecule has 0 saturated carbocycles. The summed E-state index contributed by atoms with van der Waals surface area (Å²) in [4.78, 5) is 3.73. The van der Waals surface area contributed by atoms with E-state index in [4.69, 9.17) is 10.00 Å². The number of halogens is 2. The van der Waals surface area contributed by atoms with Crippen molar-refractivity contribution in [3.05, 3.63) is 47.5 Å². The van der Waals surface area contributed by atoms with Gasteiger partial charge in [-0.1, -0.05) is 0 Å². The Hall–Kier alpha value is -2.30. The molecule has 1 N–H and O–H groups in total. The van der Waals surface area contributed by atoms with Crippen LogP contribution < -0.4 is 5.32 Å². The summed E-state index contributed by atoms with van der Waals surface area (Å²) in [5.74, 6) is -1.56. The lowest BCUT2D eigenvalue weighted by atomic mass is 10.1. The highest BCUT2D eigenvalue weighted by Crippen LogP contribution is 2.21. The Balaban J connectivity index is 2.24. The minimum absolute atomic E-state index is 0.0706. The standard InChI is InChI=1S/C14H14F2N4O/c1-21-5-3-18-9-10-6-11(15)14(12(16)7-10)20-4-2-19-13(20)8-17/h2,4,6-7,18H,3,5,9H2,1H3. The topological polar surface area (TPSA) is 62.9 Å². The molecule has 0 aliphatic heterocycles. The minimum atomic E-state index is -0.743. The van der Waals surface area contributed by atoms with Gasteiger partial charge in [0.2, 0.25) is 5.82 Å². The number of rotatable bonds is 6. The van der Waals surface area contributed by atoms with E-state index in [0.29, 0.717) is 25.3 Å². The molecule has 0 aliphatic rings. The van der Waals surface area contributed by atoms with Crippen LogP contribution in [0.3, 0.4) is 0 Å². The van der Waals surface area contributed by atoms with Crippen LogP contribution in [0.15, 0.2) is 24.5 Å². The van der Waals surface area contributed by atoms with Gasteiger partial charge in [0.15, 0.2) is 11.6 Å². The van der Waals surface area contributed by atoms with E-state index in [1.165, 1.54) is 24.5 Å². The van der Waals surface area contributed by atoms with Crippen molar-refractivity contribution >= 4 is 0 Å². The molecule has 0 bridgehead atoms. The van der Waals surface area contributed by atoms with Gasteiger partial charge >= 0.3 is 0 Å². The number of benzene rings is 1. The average Bonchev–Trinajstić information content (AvgIpc) is 2.91. The molecule has 0 fully saturated rings. The normalized spacial score (nSPS) is 10.6. The Morgan fingerprint density at radius 1 is 1.38 bits per heavy atom. The molecule has 1 heterocycles. The number of hydrogen-bond donors (Lipinski definition) is 1. The Kier molecular flexibility index (Phi) is 4.98. The van der Waals surface area contributed by atoms with Crippen molar-refractivity contribution in [2.45, 2.75) is 6.54 Å². The fourth-order valence-electron chi connectivity index (χ4n) is 1.92. The maximum Gasteiger partial charge on any atom is 0.217 e. The summed E-state index contributed by atoms with van der Waals surface area (Å²) in [6.07, 6.45) is 2.66. The van der Waals surface area contributed by atoms with E-state index < -0.39 is 11.6 Å². The zero-order valence-electron chi connectivity index (χ0n) is 11.4. The van der Waals surface area contributed by atoms with Crippen molar-refractivity contribution in [1.29, 1.82) is 5.26 Å². The van der Waals surface area contributed by atoms with Crippen molar-refractivity contribution in [1.82, 2.24) is 14.9 Å². The van der Waals surface area contributed by atoms with Crippen LogP contribution in [0.5, 0.6) is 0 Å². The molecule has 0 atom stereocenters. The van der Waals surface area contributed by atoms with E-state index in [-0.39, 0.29) is 11.5 Å². The second-order valence-corrected chi connectivity index (χ2v) is 4.31. The molecule has 7 heteroatoms. The summed E-state index contributed by atoms with van der Waals surface area (Å²) in [7, 11) is 1.58. The zero-order chi connectivity index (χ0) is 15.2. The van der Waals surface area contributed by atoms with Crippen molar-refractivity contribution in [2.24, 2.45) is 0 Å². The lowest BCUT2D eigenvalue weighted by molar-refractivity contribution is 0.199. The maximum absolute atomic E-state index is 14.1. The van der Waals surface area contributed by atoms with Crippen LogP contribution in [0.1, 0.15) is 11.4 Å². The van der Waals surface area contributed by atoms with Gasteiger partial charge in [-0.05, 0) is 17.7 Å². The number of imidazole rings is 1. The van der Waals surface area contributed by atoms with Gasteiger partial charge in [0, 0.05) is 32.6 Å². The predicted molar refractivity (Wildman–Crippen MR) is 71.8 cm³/mol. The molecule has 0 saturated heterocycles. The van der Waals surface area contributed by atoms with E-state index in [1.54, 1.807) is 13.2 Å². The molecule has 2 aromatic rings. The van der Waals surface area contributed by atoms with Crippen LogP contribution in [0.25, 0.3) is 5.69 Å². The van der Waals surface area contributed by atoms with E-state index in [0.717, 1.165) is 4.57 Å². The van der Waals surface area contributed by atoms with Gasteiger partial charge in [-0.15, -0.1) is 0 Å². The first-order valence-corrected chi connectivity index (χ1v) is 6.28. The number of nitriles is 1. The second kappa shape index (κ2) is 6.92. The molecular formula is C14H14F2N4O. The number of nitrogens with zero attached hydrogens (tertiary/aromatic N) is 3. The fourth-order valence-corrected chi connectivity index (χ4v) is 1.92. The van der Waals surface area contributed by atoms with Gasteiger partial charge in [-0.3, -0.25) is 4.57 Å². The van der Waals surface area contributed by atoms with Crippen LogP contribution in [-0.4, -0.2) is 29.8 Å². The Bertz CT molecular complexity index is 640. The molecule has 0 radical (unpaired) electrons. The number of methoxy groups -OCH3 is 1. The highest BCUT2D eigenvalue weighted by atomic mass is 19.1. The monoisotopic (exact) mass is 292 g/mol. The first kappa shape index (κ1) is 15.1. The van der Waals surface area contributed by atoms with Crippen LogP contribution in [0, 0.1) is 23.0 Å². The number of aromatic nitrogens is 2. The molecule has 110 valence electrons. The molecule has 2 rings (SSSR count). The summed E-state index contributed by atoms with van der Waals surface area (Å²) in [6.45, 7) is 1.43. The molecule has 21 heavy (non-hydrogen) atoms. The predicted octanol–water partition coefficient (Wildman–Crippen LogP) is 1.76. The van der Waals surface area contributed by atoms with Crippen LogP contribution in [-0.2, 0) is 11.3 Å². The second-order valence-electron chi connectivity index (χ2n) is 4.31. The minimum Gasteiger partial charge on any atom is -0.383 e. The van der Waals surface area contributed by atoms with Crippen molar-refractivity contribution < 1.29 is 13.5 Å². The van der Waals surface area contributed by atoms with Gasteiger partial charge < -0.3 is 10.1 Å². The van der Waals surface area contributed by atoms with Crippen molar-refractivity contribution in [3.63, 3.8) is 0 Å². The average molecular weight is 292 g/mol. The van der Waals surface area contributed by atoms with Crippen molar-refractivity contribution in [2.75, 3.05) is 20.3 Å². The number of nitrogens with one attached hydrogen (secondary N) is 1. The molecule has 1 aromatic heterocycles. The Labute approximate surface area is 120 Å². The summed E-state index contributed by atoms with van der Waals surface area (Å²) >= 11 is 0. The van der Waals surface area contributed by atoms with Crippen LogP contribution in [0.4, 0.5) is 8.78 Å². The Morgan fingerprint density at radius 3 is 2.71 bits per heavy atom. The molecule has 0 unspecified atom stereocenters. The van der Waals surface area contributed by atoms with E-state index in [9.17, 15) is 8.78 Å². The molecule has 0 aliphatic carbocycles. The third-order valence-corrected chi connectivity index (χ3v) is 2.87. The SMILES string of the molecule is COCCNCc1cc(F)c(-n2ccnc2C#N)c(F)c1. The van der Waals surface area contributed by atoms with Gasteiger partial charge in [0.25, 0.3) is 0 Å². The van der Waals surface area contributed by atoms with Crippen LogP contribution >= 0.6 is 0 Å². The fraction of sp³-hybridized carbons (Fsp3) is 0.286. The van der Waals surface area contributed by atoms with E-state index >= 15 is 0 Å². The zero-order valence-corrected chi connectivity index (χ0v) is 11.4. The van der Waals surface area contributed by atoms with Gasteiger partial charge in [0.1, 0.15) is 11.8 Å². The van der Waals surface area contributed by atoms with Crippen LogP contribution in [0.2, 0.25) is 0 Å². The summed E-state index contributed by atoms with van der Waals surface area (Å²) in [6, 6.07) is 4.25. The third-order valence-electron chi connectivity index (χ3n) is 2.87. The Morgan fingerprint density at radius 2 is 2.10 bits per heavy atom. The molecule has 0 amide bonds. The first-order valence-electron chi connectivity index (χ1n) is 6.28. The highest BCUT2D eigenvalue weighted by Gasteiger charge is 2.15.